The van der Waals surface area contributed by atoms with E-state index in [-0.39, 0.29) is 29.5 Å². The number of nitrogens with zero attached hydrogens (tertiary/aromatic N) is 2. The van der Waals surface area contributed by atoms with Crippen molar-refractivity contribution in [1.29, 1.82) is 0 Å². The van der Waals surface area contributed by atoms with Crippen molar-refractivity contribution in [3.05, 3.63) is 76.5 Å². The van der Waals surface area contributed by atoms with Crippen molar-refractivity contribution in [1.82, 2.24) is 15.2 Å². The van der Waals surface area contributed by atoms with Crippen LogP contribution in [0.2, 0.25) is 0 Å². The molecule has 5 nitrogen and oxygen atoms in total. The Morgan fingerprint density at radius 1 is 1.12 bits per heavy atom. The standard InChI is InChI=1S/C26H28FN3O2S/c1-17(24(31)28-16-19-8-10-22(27)11-9-19)20-12-14-30(15-13-20)26(32)23-18(2)29-25(33-23)21-6-4-3-5-7-21/h3-11,17,20H,12-16H2,1-2H3,(H,28,31)/t17-/m1/s1. The Kier molecular flexibility index (Phi) is 7.18. The second-order valence-electron chi connectivity index (χ2n) is 8.56. The van der Waals surface area contributed by atoms with E-state index < -0.39 is 0 Å². The van der Waals surface area contributed by atoms with Crippen molar-refractivity contribution in [2.75, 3.05) is 13.1 Å². The lowest BCUT2D eigenvalue weighted by Crippen LogP contribution is -2.42. The van der Waals surface area contributed by atoms with Gasteiger partial charge in [0.25, 0.3) is 5.91 Å². The first-order valence-electron chi connectivity index (χ1n) is 11.3. The summed E-state index contributed by atoms with van der Waals surface area (Å²) in [5.41, 5.74) is 2.65. The largest absolute Gasteiger partial charge is 0.352 e. The topological polar surface area (TPSA) is 62.3 Å². The van der Waals surface area contributed by atoms with Gasteiger partial charge in [0.2, 0.25) is 5.91 Å². The molecule has 1 aliphatic heterocycles. The molecule has 0 aliphatic carbocycles. The normalized spacial score (nSPS) is 15.3. The summed E-state index contributed by atoms with van der Waals surface area (Å²) in [6.07, 6.45) is 1.58. The fraction of sp³-hybridized carbons (Fsp3) is 0.346. The molecule has 4 rings (SSSR count). The Morgan fingerprint density at radius 2 is 1.79 bits per heavy atom. The SMILES string of the molecule is Cc1nc(-c2ccccc2)sc1C(=O)N1CCC([C@@H](C)C(=O)NCc2ccc(F)cc2)CC1. The Hall–Kier alpha value is -3.06. The molecule has 0 bridgehead atoms. The van der Waals surface area contributed by atoms with E-state index in [9.17, 15) is 14.0 Å². The Bertz CT molecular complexity index is 1110. The highest BCUT2D eigenvalue weighted by molar-refractivity contribution is 7.17. The minimum absolute atomic E-state index is 0.00472. The molecule has 33 heavy (non-hydrogen) atoms. The van der Waals surface area contributed by atoms with Gasteiger partial charge in [-0.05, 0) is 43.4 Å². The summed E-state index contributed by atoms with van der Waals surface area (Å²) in [6, 6.07) is 16.0. The molecule has 0 saturated carbocycles. The van der Waals surface area contributed by atoms with E-state index in [1.807, 2.05) is 49.1 Å². The van der Waals surface area contributed by atoms with Gasteiger partial charge >= 0.3 is 0 Å². The second kappa shape index (κ2) is 10.3. The first kappa shape index (κ1) is 23.1. The summed E-state index contributed by atoms with van der Waals surface area (Å²) >= 11 is 1.44. The van der Waals surface area contributed by atoms with Crippen molar-refractivity contribution in [2.45, 2.75) is 33.2 Å². The predicted molar refractivity (Wildman–Crippen MR) is 128 cm³/mol. The minimum atomic E-state index is -0.287. The first-order valence-corrected chi connectivity index (χ1v) is 12.1. The van der Waals surface area contributed by atoms with Gasteiger partial charge in [-0.25, -0.2) is 9.37 Å². The van der Waals surface area contributed by atoms with Gasteiger partial charge in [-0.2, -0.15) is 0 Å². The lowest BCUT2D eigenvalue weighted by Gasteiger charge is -2.34. The Labute approximate surface area is 197 Å². The number of carbonyl (C=O) groups is 2. The number of hydrogen-bond donors (Lipinski definition) is 1. The van der Waals surface area contributed by atoms with Crippen LogP contribution < -0.4 is 5.32 Å². The first-order chi connectivity index (χ1) is 15.9. The number of amides is 2. The lowest BCUT2D eigenvalue weighted by molar-refractivity contribution is -0.126. The summed E-state index contributed by atoms with van der Waals surface area (Å²) in [5.74, 6) is -0.180. The highest BCUT2D eigenvalue weighted by Crippen LogP contribution is 2.31. The smallest absolute Gasteiger partial charge is 0.265 e. The van der Waals surface area contributed by atoms with E-state index in [4.69, 9.17) is 0 Å². The summed E-state index contributed by atoms with van der Waals surface area (Å²) in [6.45, 7) is 5.49. The van der Waals surface area contributed by atoms with E-state index in [1.165, 1.54) is 23.5 Å². The lowest BCUT2D eigenvalue weighted by atomic mass is 9.84. The third kappa shape index (κ3) is 5.47. The third-order valence-electron chi connectivity index (χ3n) is 6.34. The van der Waals surface area contributed by atoms with Gasteiger partial charge in [-0.1, -0.05) is 49.4 Å². The van der Waals surface area contributed by atoms with Gasteiger partial charge in [0.1, 0.15) is 15.7 Å². The zero-order valence-electron chi connectivity index (χ0n) is 18.9. The summed E-state index contributed by atoms with van der Waals surface area (Å²) in [4.78, 5) is 33.0. The van der Waals surface area contributed by atoms with Crippen LogP contribution >= 0.6 is 11.3 Å². The zero-order valence-corrected chi connectivity index (χ0v) is 19.7. The number of hydrogen-bond acceptors (Lipinski definition) is 4. The molecule has 0 radical (unpaired) electrons. The number of thiazole rings is 1. The van der Waals surface area contributed by atoms with E-state index in [0.29, 0.717) is 24.5 Å². The summed E-state index contributed by atoms with van der Waals surface area (Å²) in [5, 5.41) is 3.81. The van der Waals surface area contributed by atoms with E-state index >= 15 is 0 Å². The second-order valence-corrected chi connectivity index (χ2v) is 9.56. The van der Waals surface area contributed by atoms with Crippen molar-refractivity contribution in [3.63, 3.8) is 0 Å². The molecule has 172 valence electrons. The number of nitrogens with one attached hydrogen (secondary N) is 1. The maximum atomic E-state index is 13.1. The molecule has 2 amide bonds. The molecule has 2 heterocycles. The maximum absolute atomic E-state index is 13.1. The molecule has 7 heteroatoms. The monoisotopic (exact) mass is 465 g/mol. The number of carbonyl (C=O) groups excluding carboxylic acids is 2. The molecule has 1 fully saturated rings. The Morgan fingerprint density at radius 3 is 2.45 bits per heavy atom. The third-order valence-corrected chi connectivity index (χ3v) is 7.53. The van der Waals surface area contributed by atoms with Crippen molar-refractivity contribution >= 4 is 23.2 Å². The zero-order chi connectivity index (χ0) is 23.4. The number of halogens is 1. The number of aryl methyl sites for hydroxylation is 1. The minimum Gasteiger partial charge on any atom is -0.352 e. The molecule has 1 saturated heterocycles. The number of piperidine rings is 1. The van der Waals surface area contributed by atoms with E-state index in [0.717, 1.165) is 34.7 Å². The Balaban J connectivity index is 1.31. The molecule has 1 atom stereocenters. The maximum Gasteiger partial charge on any atom is 0.265 e. The highest BCUT2D eigenvalue weighted by atomic mass is 32.1. The molecule has 3 aromatic rings. The van der Waals surface area contributed by atoms with Crippen LogP contribution in [0.1, 0.15) is 40.7 Å². The van der Waals surface area contributed by atoms with Gasteiger partial charge in [0, 0.05) is 31.1 Å². The quantitative estimate of drug-likeness (QED) is 0.553. The van der Waals surface area contributed by atoms with Crippen LogP contribution in [0.25, 0.3) is 10.6 Å². The summed E-state index contributed by atoms with van der Waals surface area (Å²) < 4.78 is 13.0. The summed E-state index contributed by atoms with van der Waals surface area (Å²) in [7, 11) is 0. The molecule has 0 unspecified atom stereocenters. The average Bonchev–Trinajstić information content (AvgIpc) is 3.24. The van der Waals surface area contributed by atoms with Crippen LogP contribution in [0.4, 0.5) is 4.39 Å². The fourth-order valence-corrected chi connectivity index (χ4v) is 5.25. The van der Waals surface area contributed by atoms with Crippen LogP contribution in [0.15, 0.2) is 54.6 Å². The van der Waals surface area contributed by atoms with Crippen molar-refractivity contribution in [2.24, 2.45) is 11.8 Å². The number of likely N-dealkylation sites (tertiary alicyclic amines) is 1. The highest BCUT2D eigenvalue weighted by Gasteiger charge is 2.31. The fourth-order valence-electron chi connectivity index (χ4n) is 4.21. The predicted octanol–water partition coefficient (Wildman–Crippen LogP) is 5.06. The van der Waals surface area contributed by atoms with Crippen LogP contribution in [-0.4, -0.2) is 34.8 Å². The molecule has 2 aromatic carbocycles. The van der Waals surface area contributed by atoms with Crippen LogP contribution in [-0.2, 0) is 11.3 Å². The van der Waals surface area contributed by atoms with Gasteiger partial charge < -0.3 is 10.2 Å². The average molecular weight is 466 g/mol. The van der Waals surface area contributed by atoms with Gasteiger partial charge in [-0.3, -0.25) is 9.59 Å². The van der Waals surface area contributed by atoms with Crippen LogP contribution in [0, 0.1) is 24.6 Å². The molecule has 1 aromatic heterocycles. The van der Waals surface area contributed by atoms with Crippen molar-refractivity contribution in [3.8, 4) is 10.6 Å². The van der Waals surface area contributed by atoms with E-state index in [1.54, 1.807) is 12.1 Å². The van der Waals surface area contributed by atoms with E-state index in [2.05, 4.69) is 10.3 Å². The van der Waals surface area contributed by atoms with Crippen LogP contribution in [0.3, 0.4) is 0 Å². The van der Waals surface area contributed by atoms with Crippen molar-refractivity contribution < 1.29 is 14.0 Å². The van der Waals surface area contributed by atoms with Gasteiger partial charge in [-0.15, -0.1) is 11.3 Å². The molecular formula is C26H28FN3O2S. The number of rotatable bonds is 6. The molecule has 1 N–H and O–H groups in total. The molecular weight excluding hydrogens is 437 g/mol. The van der Waals surface area contributed by atoms with Gasteiger partial charge in [0.15, 0.2) is 0 Å². The van der Waals surface area contributed by atoms with Gasteiger partial charge in [0.05, 0.1) is 5.69 Å². The van der Waals surface area contributed by atoms with Crippen LogP contribution in [0.5, 0.6) is 0 Å². The molecule has 1 aliphatic rings. The number of benzene rings is 2. The number of aromatic nitrogens is 1. The molecule has 0 spiro atoms.